The molecular weight excluding hydrogens is 192 g/mol. The third-order valence-electron chi connectivity index (χ3n) is 2.08. The smallest absolute Gasteiger partial charge is 0.435 e. The van der Waals surface area contributed by atoms with Crippen LogP contribution >= 0.6 is 0 Å². The van der Waals surface area contributed by atoms with E-state index in [-0.39, 0.29) is 0 Å². The quantitative estimate of drug-likeness (QED) is 0.205. The number of amidine groups is 1. The molecule has 0 atom stereocenters. The van der Waals surface area contributed by atoms with Crippen LogP contribution in [0.3, 0.4) is 0 Å². The van der Waals surface area contributed by atoms with Gasteiger partial charge in [-0.2, -0.15) is 0 Å². The molecule has 0 aromatic heterocycles. The van der Waals surface area contributed by atoms with Crippen LogP contribution in [0.4, 0.5) is 0 Å². The Hall–Kier alpha value is -0.810. The van der Waals surface area contributed by atoms with Crippen molar-refractivity contribution in [3.8, 4) is 0 Å². The molecule has 90 valence electrons. The molecule has 0 radical (unpaired) electrons. The lowest BCUT2D eigenvalue weighted by molar-refractivity contribution is -0.468. The summed E-state index contributed by atoms with van der Waals surface area (Å²) in [6.07, 6.45) is 3.44. The number of ether oxygens (including phenoxy) is 1. The summed E-state index contributed by atoms with van der Waals surface area (Å²) in [7, 11) is 3.54. The topological polar surface area (TPSA) is 73.3 Å². The van der Waals surface area contributed by atoms with Crippen LogP contribution in [0.2, 0.25) is 0 Å². The summed E-state index contributed by atoms with van der Waals surface area (Å²) in [5.41, 5.74) is 5.43. The molecule has 0 saturated carbocycles. The fourth-order valence-corrected chi connectivity index (χ4v) is 1.17. The van der Waals surface area contributed by atoms with Gasteiger partial charge in [0.05, 0.1) is 13.7 Å². The molecule has 5 nitrogen and oxygen atoms in total. The summed E-state index contributed by atoms with van der Waals surface area (Å²) in [4.78, 5) is 2.98. The van der Waals surface area contributed by atoms with Crippen LogP contribution in [0.25, 0.3) is 0 Å². The molecule has 0 aromatic carbocycles. The molecule has 5 heteroatoms. The third-order valence-corrected chi connectivity index (χ3v) is 2.08. The second-order valence-electron chi connectivity index (χ2n) is 3.41. The van der Waals surface area contributed by atoms with Gasteiger partial charge in [0.25, 0.3) is 0 Å². The van der Waals surface area contributed by atoms with Crippen molar-refractivity contribution in [1.29, 1.82) is 0 Å². The fourth-order valence-electron chi connectivity index (χ4n) is 1.17. The van der Waals surface area contributed by atoms with E-state index in [0.29, 0.717) is 6.02 Å². The van der Waals surface area contributed by atoms with Gasteiger partial charge >= 0.3 is 6.02 Å². The average Bonchev–Trinajstić information content (AvgIpc) is 2.26. The minimum absolute atomic E-state index is 0.400. The first-order valence-corrected chi connectivity index (χ1v) is 5.57. The lowest BCUT2D eigenvalue weighted by Gasteiger charge is -2.02. The molecule has 0 aromatic rings. The minimum atomic E-state index is 0.400. The molecule has 0 fully saturated rings. The fraction of sp³-hybridized carbons (Fsp3) is 0.900. The van der Waals surface area contributed by atoms with Crippen molar-refractivity contribution >= 4 is 6.02 Å². The Balaban J connectivity index is 3.05. The van der Waals surface area contributed by atoms with Crippen molar-refractivity contribution in [2.75, 3.05) is 40.3 Å². The molecule has 0 aliphatic carbocycles. The van der Waals surface area contributed by atoms with Crippen LogP contribution in [0.1, 0.15) is 19.3 Å². The number of methoxy groups -OCH3 is 1. The zero-order valence-electron chi connectivity index (χ0n) is 9.94. The van der Waals surface area contributed by atoms with E-state index in [0.717, 1.165) is 39.0 Å². The van der Waals surface area contributed by atoms with Crippen molar-refractivity contribution in [2.45, 2.75) is 19.3 Å². The highest BCUT2D eigenvalue weighted by atomic mass is 16.5. The van der Waals surface area contributed by atoms with Crippen molar-refractivity contribution < 1.29 is 9.73 Å². The second-order valence-corrected chi connectivity index (χ2v) is 3.41. The SMILES string of the molecule is CNCCCNCCCC[NH+]=C(N)OC. The van der Waals surface area contributed by atoms with Crippen LogP contribution in [0.15, 0.2) is 0 Å². The maximum Gasteiger partial charge on any atom is 0.439 e. The highest BCUT2D eigenvalue weighted by molar-refractivity contribution is 5.64. The maximum absolute atomic E-state index is 5.43. The summed E-state index contributed by atoms with van der Waals surface area (Å²) in [5.74, 6) is 0. The van der Waals surface area contributed by atoms with E-state index >= 15 is 0 Å². The van der Waals surface area contributed by atoms with Gasteiger partial charge in [0.15, 0.2) is 0 Å². The monoisotopic (exact) mass is 217 g/mol. The zero-order chi connectivity index (χ0) is 11.4. The average molecular weight is 217 g/mol. The highest BCUT2D eigenvalue weighted by Gasteiger charge is 1.94. The summed E-state index contributed by atoms with van der Waals surface area (Å²) in [5, 5.41) is 6.50. The minimum Gasteiger partial charge on any atom is -0.435 e. The molecule has 0 aliphatic rings. The van der Waals surface area contributed by atoms with E-state index in [4.69, 9.17) is 10.5 Å². The summed E-state index contributed by atoms with van der Waals surface area (Å²) >= 11 is 0. The van der Waals surface area contributed by atoms with E-state index < -0.39 is 0 Å². The van der Waals surface area contributed by atoms with Gasteiger partial charge in [-0.1, -0.05) is 0 Å². The van der Waals surface area contributed by atoms with Gasteiger partial charge in [-0.05, 0) is 45.9 Å². The molecule has 0 unspecified atom stereocenters. The first-order valence-electron chi connectivity index (χ1n) is 5.57. The molecule has 5 N–H and O–H groups in total. The molecular formula is C10H25N4O+. The van der Waals surface area contributed by atoms with E-state index in [2.05, 4.69) is 15.6 Å². The van der Waals surface area contributed by atoms with Crippen molar-refractivity contribution in [2.24, 2.45) is 5.73 Å². The summed E-state index contributed by atoms with van der Waals surface area (Å²) in [6.45, 7) is 4.10. The lowest BCUT2D eigenvalue weighted by Crippen LogP contribution is -2.76. The van der Waals surface area contributed by atoms with Gasteiger partial charge < -0.3 is 15.4 Å². The number of unbranched alkanes of at least 4 members (excludes halogenated alkanes) is 1. The Morgan fingerprint density at radius 3 is 2.60 bits per heavy atom. The van der Waals surface area contributed by atoms with Gasteiger partial charge in [0.2, 0.25) is 0 Å². The summed E-state index contributed by atoms with van der Waals surface area (Å²) < 4.78 is 4.78. The molecule has 0 aliphatic heterocycles. The van der Waals surface area contributed by atoms with Crippen molar-refractivity contribution in [3.63, 3.8) is 0 Å². The van der Waals surface area contributed by atoms with E-state index in [1.165, 1.54) is 6.42 Å². The van der Waals surface area contributed by atoms with Gasteiger partial charge in [-0.25, -0.2) is 4.99 Å². The summed E-state index contributed by atoms with van der Waals surface area (Å²) in [6, 6.07) is 0.400. The maximum atomic E-state index is 5.43. The van der Waals surface area contributed by atoms with E-state index in [9.17, 15) is 0 Å². The third kappa shape index (κ3) is 11.1. The van der Waals surface area contributed by atoms with Crippen LogP contribution in [-0.4, -0.2) is 46.4 Å². The number of hydrogen-bond donors (Lipinski definition) is 4. The van der Waals surface area contributed by atoms with Gasteiger partial charge in [-0.15, -0.1) is 0 Å². The van der Waals surface area contributed by atoms with Gasteiger partial charge in [-0.3, -0.25) is 5.73 Å². The second kappa shape index (κ2) is 11.3. The van der Waals surface area contributed by atoms with E-state index in [1.807, 2.05) is 7.05 Å². The Bertz CT molecular complexity index is 162. The molecule has 0 saturated heterocycles. The first kappa shape index (κ1) is 14.2. The normalized spacial score (nSPS) is 11.7. The Labute approximate surface area is 92.5 Å². The van der Waals surface area contributed by atoms with Gasteiger partial charge in [0.1, 0.15) is 0 Å². The van der Waals surface area contributed by atoms with Gasteiger partial charge in [0, 0.05) is 0 Å². The number of hydrogen-bond acceptors (Lipinski definition) is 3. The number of nitrogens with one attached hydrogen (secondary N) is 3. The standard InChI is InChI=1S/C10H24N4O/c1-12-6-5-8-13-7-3-4-9-14-10(11)15-2/h12-13H,3-9H2,1-2H3,(H2,11,14)/p+1. The lowest BCUT2D eigenvalue weighted by atomic mass is 10.3. The zero-order valence-corrected chi connectivity index (χ0v) is 9.94. The molecule has 0 spiro atoms. The Morgan fingerprint density at radius 1 is 1.20 bits per heavy atom. The Morgan fingerprint density at radius 2 is 1.93 bits per heavy atom. The van der Waals surface area contributed by atoms with Crippen LogP contribution in [-0.2, 0) is 4.74 Å². The van der Waals surface area contributed by atoms with Crippen LogP contribution < -0.4 is 21.4 Å². The molecule has 0 bridgehead atoms. The predicted molar refractivity (Wildman–Crippen MR) is 62.7 cm³/mol. The van der Waals surface area contributed by atoms with Crippen molar-refractivity contribution in [3.05, 3.63) is 0 Å². The molecule has 0 amide bonds. The highest BCUT2D eigenvalue weighted by Crippen LogP contribution is 1.81. The molecule has 0 heterocycles. The van der Waals surface area contributed by atoms with Crippen molar-refractivity contribution in [1.82, 2.24) is 10.6 Å². The molecule has 0 rings (SSSR count). The van der Waals surface area contributed by atoms with Crippen LogP contribution in [0, 0.1) is 0 Å². The Kier molecular flexibility index (Phi) is 10.7. The predicted octanol–water partition coefficient (Wildman–Crippen LogP) is -1.99. The largest absolute Gasteiger partial charge is 0.439 e. The molecule has 15 heavy (non-hydrogen) atoms. The van der Waals surface area contributed by atoms with Crippen LogP contribution in [0.5, 0.6) is 0 Å². The van der Waals surface area contributed by atoms with E-state index in [1.54, 1.807) is 7.11 Å². The number of nitrogens with two attached hydrogens (primary N) is 1. The first-order chi connectivity index (χ1) is 7.31. The number of rotatable bonds is 9.